The molecule has 128 valence electrons. The van der Waals surface area contributed by atoms with E-state index in [2.05, 4.69) is 10.6 Å². The first-order chi connectivity index (χ1) is 10.9. The Morgan fingerprint density at radius 1 is 1.35 bits per heavy atom. The van der Waals surface area contributed by atoms with E-state index in [4.69, 9.17) is 16.3 Å². The lowest BCUT2D eigenvalue weighted by atomic mass is 10.2. The molecule has 0 saturated heterocycles. The molecular weight excluding hydrogens is 316 g/mol. The van der Waals surface area contributed by atoms with Gasteiger partial charge in [0.1, 0.15) is 11.8 Å². The number of hydrogen-bond donors (Lipinski definition) is 2. The van der Waals surface area contributed by atoms with Crippen molar-refractivity contribution in [1.82, 2.24) is 10.6 Å². The highest BCUT2D eigenvalue weighted by Crippen LogP contribution is 2.21. The molecule has 6 heteroatoms. The zero-order valence-corrected chi connectivity index (χ0v) is 14.7. The fourth-order valence-electron chi connectivity index (χ4n) is 1.97. The number of halogens is 1. The van der Waals surface area contributed by atoms with Crippen molar-refractivity contribution in [3.8, 4) is 5.75 Å². The molecule has 2 N–H and O–H groups in total. The van der Waals surface area contributed by atoms with Gasteiger partial charge in [-0.15, -0.1) is 0 Å². The summed E-state index contributed by atoms with van der Waals surface area (Å²) in [5.41, 5.74) is 0.961. The summed E-state index contributed by atoms with van der Waals surface area (Å²) in [6.45, 7) is 6.63. The Morgan fingerprint density at radius 2 is 2.09 bits per heavy atom. The van der Waals surface area contributed by atoms with Crippen LogP contribution in [0, 0.1) is 6.92 Å². The van der Waals surface area contributed by atoms with Crippen molar-refractivity contribution in [3.05, 3.63) is 28.8 Å². The van der Waals surface area contributed by atoms with Gasteiger partial charge in [0.05, 0.1) is 6.61 Å². The number of carbonyl (C=O) groups excluding carboxylic acids is 2. The molecule has 2 amide bonds. The number of rotatable bonds is 9. The fourth-order valence-corrected chi connectivity index (χ4v) is 2.20. The van der Waals surface area contributed by atoms with Crippen molar-refractivity contribution in [3.63, 3.8) is 0 Å². The van der Waals surface area contributed by atoms with Crippen LogP contribution in [0.3, 0.4) is 0 Å². The molecule has 23 heavy (non-hydrogen) atoms. The second-order valence-corrected chi connectivity index (χ2v) is 5.88. The molecule has 5 nitrogen and oxygen atoms in total. The standard InChI is InChI=1S/C17H25ClN2O3/c1-4-9-19-17(22)13(3)20-16(21)6-5-10-23-15-8-7-14(18)11-12(15)2/h7-8,11,13H,4-6,9-10H2,1-3H3,(H,19,22)(H,20,21)/t13-/m0/s1. The Kier molecular flexibility index (Phi) is 8.48. The van der Waals surface area contributed by atoms with Crippen molar-refractivity contribution in [2.45, 2.75) is 46.1 Å². The summed E-state index contributed by atoms with van der Waals surface area (Å²) >= 11 is 5.88. The second-order valence-electron chi connectivity index (χ2n) is 5.44. The molecule has 0 fully saturated rings. The molecular formula is C17H25ClN2O3. The minimum atomic E-state index is -0.520. The predicted octanol–water partition coefficient (Wildman–Crippen LogP) is 2.84. The van der Waals surface area contributed by atoms with Crippen LogP contribution < -0.4 is 15.4 Å². The van der Waals surface area contributed by atoms with Gasteiger partial charge in [0.2, 0.25) is 11.8 Å². The Labute approximate surface area is 142 Å². The largest absolute Gasteiger partial charge is 0.493 e. The molecule has 0 bridgehead atoms. The van der Waals surface area contributed by atoms with Gasteiger partial charge in [0.15, 0.2) is 0 Å². The molecule has 1 aromatic rings. The van der Waals surface area contributed by atoms with Crippen LogP contribution in [-0.2, 0) is 9.59 Å². The van der Waals surface area contributed by atoms with E-state index in [1.165, 1.54) is 0 Å². The first-order valence-electron chi connectivity index (χ1n) is 7.90. The second kappa shape index (κ2) is 10.1. The number of hydrogen-bond acceptors (Lipinski definition) is 3. The third-order valence-electron chi connectivity index (χ3n) is 3.26. The first-order valence-corrected chi connectivity index (χ1v) is 8.27. The van der Waals surface area contributed by atoms with Crippen LogP contribution in [0.1, 0.15) is 38.7 Å². The van der Waals surface area contributed by atoms with Gasteiger partial charge in [-0.1, -0.05) is 18.5 Å². The van der Waals surface area contributed by atoms with Crippen LogP contribution in [0.2, 0.25) is 5.02 Å². The summed E-state index contributed by atoms with van der Waals surface area (Å²) in [5.74, 6) is 0.455. The average molecular weight is 341 g/mol. The third kappa shape index (κ3) is 7.37. The zero-order valence-electron chi connectivity index (χ0n) is 13.9. The van der Waals surface area contributed by atoms with Gasteiger partial charge in [-0.25, -0.2) is 0 Å². The lowest BCUT2D eigenvalue weighted by Gasteiger charge is -2.14. The fraction of sp³-hybridized carbons (Fsp3) is 0.529. The minimum absolute atomic E-state index is 0.152. The molecule has 1 rings (SSSR count). The number of ether oxygens (including phenoxy) is 1. The van der Waals surface area contributed by atoms with Gasteiger partial charge in [-0.3, -0.25) is 9.59 Å². The molecule has 0 aliphatic heterocycles. The average Bonchev–Trinajstić information content (AvgIpc) is 2.50. The van der Waals surface area contributed by atoms with Crippen LogP contribution in [0.15, 0.2) is 18.2 Å². The number of carbonyl (C=O) groups is 2. The quantitative estimate of drug-likeness (QED) is 0.679. The first kappa shape index (κ1) is 19.3. The summed E-state index contributed by atoms with van der Waals surface area (Å²) < 4.78 is 5.63. The molecule has 0 aliphatic rings. The van der Waals surface area contributed by atoms with Crippen LogP contribution in [-0.4, -0.2) is 31.0 Å². The topological polar surface area (TPSA) is 67.4 Å². The summed E-state index contributed by atoms with van der Waals surface area (Å²) in [7, 11) is 0. The van der Waals surface area contributed by atoms with Gasteiger partial charge < -0.3 is 15.4 Å². The summed E-state index contributed by atoms with van der Waals surface area (Å²) in [6, 6.07) is 4.90. The molecule has 1 aromatic carbocycles. The van der Waals surface area contributed by atoms with E-state index < -0.39 is 6.04 Å². The maximum Gasteiger partial charge on any atom is 0.242 e. The normalized spacial score (nSPS) is 11.7. The highest BCUT2D eigenvalue weighted by atomic mass is 35.5. The van der Waals surface area contributed by atoms with Crippen molar-refractivity contribution < 1.29 is 14.3 Å². The number of nitrogens with one attached hydrogen (secondary N) is 2. The van der Waals surface area contributed by atoms with E-state index in [9.17, 15) is 9.59 Å². The Morgan fingerprint density at radius 3 is 2.74 bits per heavy atom. The molecule has 0 spiro atoms. The summed E-state index contributed by atoms with van der Waals surface area (Å²) in [6.07, 6.45) is 1.77. The lowest BCUT2D eigenvalue weighted by molar-refractivity contribution is -0.128. The highest BCUT2D eigenvalue weighted by Gasteiger charge is 2.14. The van der Waals surface area contributed by atoms with E-state index in [-0.39, 0.29) is 11.8 Å². The minimum Gasteiger partial charge on any atom is -0.493 e. The molecule has 0 radical (unpaired) electrons. The monoisotopic (exact) mass is 340 g/mol. The molecule has 0 aliphatic carbocycles. The molecule has 0 heterocycles. The van der Waals surface area contributed by atoms with Crippen LogP contribution >= 0.6 is 11.6 Å². The number of aryl methyl sites for hydroxylation is 1. The van der Waals surface area contributed by atoms with E-state index >= 15 is 0 Å². The van der Waals surface area contributed by atoms with Gasteiger partial charge in [-0.05, 0) is 50.5 Å². The summed E-state index contributed by atoms with van der Waals surface area (Å²) in [4.78, 5) is 23.4. The lowest BCUT2D eigenvalue weighted by Crippen LogP contribution is -2.45. The number of benzene rings is 1. The smallest absolute Gasteiger partial charge is 0.242 e. The van der Waals surface area contributed by atoms with Crippen LogP contribution in [0.4, 0.5) is 0 Å². The van der Waals surface area contributed by atoms with Crippen molar-refractivity contribution in [2.75, 3.05) is 13.2 Å². The maximum atomic E-state index is 11.8. The van der Waals surface area contributed by atoms with Crippen molar-refractivity contribution in [1.29, 1.82) is 0 Å². The molecule has 1 atom stereocenters. The van der Waals surface area contributed by atoms with Gasteiger partial charge in [0.25, 0.3) is 0 Å². The Bertz CT molecular complexity index is 535. The zero-order chi connectivity index (χ0) is 17.2. The Balaban J connectivity index is 2.24. The molecule has 0 saturated carbocycles. The molecule has 0 aromatic heterocycles. The van der Waals surface area contributed by atoms with E-state index in [1.54, 1.807) is 13.0 Å². The SMILES string of the molecule is CCCNC(=O)[C@H](C)NC(=O)CCCOc1ccc(Cl)cc1C. The Hall–Kier alpha value is -1.75. The maximum absolute atomic E-state index is 11.8. The van der Waals surface area contributed by atoms with E-state index in [0.29, 0.717) is 31.0 Å². The van der Waals surface area contributed by atoms with Crippen molar-refractivity contribution in [2.24, 2.45) is 0 Å². The molecule has 0 unspecified atom stereocenters. The van der Waals surface area contributed by atoms with Gasteiger partial charge in [0, 0.05) is 18.0 Å². The highest BCUT2D eigenvalue weighted by molar-refractivity contribution is 6.30. The van der Waals surface area contributed by atoms with E-state index in [0.717, 1.165) is 17.7 Å². The van der Waals surface area contributed by atoms with Crippen LogP contribution in [0.25, 0.3) is 0 Å². The van der Waals surface area contributed by atoms with Crippen molar-refractivity contribution >= 4 is 23.4 Å². The summed E-state index contributed by atoms with van der Waals surface area (Å²) in [5, 5.41) is 6.10. The van der Waals surface area contributed by atoms with E-state index in [1.807, 2.05) is 26.0 Å². The van der Waals surface area contributed by atoms with Gasteiger partial charge >= 0.3 is 0 Å². The van der Waals surface area contributed by atoms with Gasteiger partial charge in [-0.2, -0.15) is 0 Å². The number of amides is 2. The van der Waals surface area contributed by atoms with Crippen LogP contribution in [0.5, 0.6) is 5.75 Å². The predicted molar refractivity (Wildman–Crippen MR) is 91.8 cm³/mol. The third-order valence-corrected chi connectivity index (χ3v) is 3.50.